The molecule has 4 nitrogen and oxygen atoms in total. The van der Waals surface area contributed by atoms with Crippen molar-refractivity contribution in [1.82, 2.24) is 4.72 Å². The Hall–Kier alpha value is -1.90. The van der Waals surface area contributed by atoms with E-state index in [0.717, 1.165) is 35.4 Å². The first kappa shape index (κ1) is 20.4. The third-order valence-electron chi connectivity index (χ3n) is 4.17. The predicted molar refractivity (Wildman–Crippen MR) is 92.2 cm³/mol. The summed E-state index contributed by atoms with van der Waals surface area (Å²) in [5, 5.41) is 10.1. The van der Waals surface area contributed by atoms with Gasteiger partial charge < -0.3 is 5.11 Å². The zero-order valence-corrected chi connectivity index (χ0v) is 15.4. The minimum atomic E-state index is -4.47. The lowest BCUT2D eigenvalue weighted by Crippen LogP contribution is -2.29. The number of nitrogens with one attached hydrogen (secondary N) is 1. The molecule has 142 valence electrons. The van der Waals surface area contributed by atoms with Gasteiger partial charge in [-0.15, -0.1) is 0 Å². The molecule has 0 spiro atoms. The highest BCUT2D eigenvalue weighted by Gasteiger charge is 2.30. The topological polar surface area (TPSA) is 66.4 Å². The van der Waals surface area contributed by atoms with Crippen LogP contribution >= 0.6 is 0 Å². The number of aryl methyl sites for hydroxylation is 3. The summed E-state index contributed by atoms with van der Waals surface area (Å²) in [5.41, 5.74) is 1.72. The second-order valence-electron chi connectivity index (χ2n) is 6.19. The van der Waals surface area contributed by atoms with E-state index in [-0.39, 0.29) is 17.0 Å². The van der Waals surface area contributed by atoms with E-state index in [0.29, 0.717) is 5.56 Å². The smallest absolute Gasteiger partial charge is 0.387 e. The zero-order chi connectivity index (χ0) is 19.7. The molecule has 0 heterocycles. The molecule has 0 aliphatic rings. The molecule has 0 saturated carbocycles. The van der Waals surface area contributed by atoms with Gasteiger partial charge in [-0.2, -0.15) is 13.2 Å². The number of halogens is 3. The van der Waals surface area contributed by atoms with E-state index >= 15 is 0 Å². The average molecular weight is 387 g/mol. The molecule has 2 aromatic rings. The van der Waals surface area contributed by atoms with Gasteiger partial charge in [0, 0.05) is 6.54 Å². The number of aliphatic hydroxyl groups excluding tert-OH is 1. The molecular formula is C18H20F3NO3S. The summed E-state index contributed by atoms with van der Waals surface area (Å²) in [5.74, 6) is 0. The highest BCUT2D eigenvalue weighted by molar-refractivity contribution is 7.89. The van der Waals surface area contributed by atoms with E-state index in [1.54, 1.807) is 26.0 Å². The van der Waals surface area contributed by atoms with Crippen LogP contribution in [0.15, 0.2) is 41.3 Å². The molecular weight excluding hydrogens is 367 g/mol. The summed E-state index contributed by atoms with van der Waals surface area (Å²) in [7, 11) is -3.85. The number of aliphatic hydroxyl groups is 1. The summed E-state index contributed by atoms with van der Waals surface area (Å²) in [6.45, 7) is 5.00. The predicted octanol–water partition coefficient (Wildman–Crippen LogP) is 3.64. The second-order valence-corrected chi connectivity index (χ2v) is 7.92. The molecule has 26 heavy (non-hydrogen) atoms. The van der Waals surface area contributed by atoms with Crippen LogP contribution in [-0.2, 0) is 16.2 Å². The summed E-state index contributed by atoms with van der Waals surface area (Å²) in [6, 6.07) is 7.26. The van der Waals surface area contributed by atoms with Crippen molar-refractivity contribution < 1.29 is 26.7 Å². The first-order valence-electron chi connectivity index (χ1n) is 7.84. The largest absolute Gasteiger partial charge is 0.416 e. The maximum absolute atomic E-state index is 12.6. The molecule has 0 aliphatic carbocycles. The number of rotatable bonds is 5. The quantitative estimate of drug-likeness (QED) is 0.823. The van der Waals surface area contributed by atoms with Gasteiger partial charge in [0.05, 0.1) is 16.6 Å². The SMILES string of the molecule is Cc1cc(C)c(S(=O)(=O)NCC(O)c2ccc(C(F)(F)F)cc2)cc1C. The second kappa shape index (κ2) is 7.38. The number of sulfonamides is 1. The van der Waals surface area contributed by atoms with Crippen LogP contribution in [0.1, 0.15) is 33.9 Å². The van der Waals surface area contributed by atoms with Crippen molar-refractivity contribution in [2.75, 3.05) is 6.54 Å². The lowest BCUT2D eigenvalue weighted by atomic mass is 10.1. The monoisotopic (exact) mass is 387 g/mol. The summed E-state index contributed by atoms with van der Waals surface area (Å²) in [6.07, 6.45) is -5.73. The highest BCUT2D eigenvalue weighted by atomic mass is 32.2. The van der Waals surface area contributed by atoms with Crippen molar-refractivity contribution in [3.63, 3.8) is 0 Å². The van der Waals surface area contributed by atoms with Crippen LogP contribution in [0.5, 0.6) is 0 Å². The molecule has 0 fully saturated rings. The molecule has 0 saturated heterocycles. The number of alkyl halides is 3. The van der Waals surface area contributed by atoms with E-state index < -0.39 is 27.9 Å². The highest BCUT2D eigenvalue weighted by Crippen LogP contribution is 2.30. The van der Waals surface area contributed by atoms with Gasteiger partial charge in [0.2, 0.25) is 10.0 Å². The maximum Gasteiger partial charge on any atom is 0.416 e. The fourth-order valence-electron chi connectivity index (χ4n) is 2.50. The van der Waals surface area contributed by atoms with Gasteiger partial charge >= 0.3 is 6.18 Å². The Bertz CT molecular complexity index is 891. The fourth-order valence-corrected chi connectivity index (χ4v) is 3.85. The van der Waals surface area contributed by atoms with Crippen molar-refractivity contribution in [2.24, 2.45) is 0 Å². The number of hydrogen-bond acceptors (Lipinski definition) is 3. The first-order valence-corrected chi connectivity index (χ1v) is 9.33. The Morgan fingerprint density at radius 2 is 1.54 bits per heavy atom. The normalized spacial score (nSPS) is 13.7. The Labute approximate surface area is 150 Å². The van der Waals surface area contributed by atoms with Gasteiger partial charge in [-0.1, -0.05) is 18.2 Å². The van der Waals surface area contributed by atoms with Gasteiger partial charge in [0.25, 0.3) is 0 Å². The lowest BCUT2D eigenvalue weighted by Gasteiger charge is -2.15. The van der Waals surface area contributed by atoms with Gasteiger partial charge in [-0.25, -0.2) is 13.1 Å². The fraction of sp³-hybridized carbons (Fsp3) is 0.333. The Balaban J connectivity index is 2.13. The number of hydrogen-bond donors (Lipinski definition) is 2. The van der Waals surface area contributed by atoms with E-state index in [1.807, 2.05) is 6.92 Å². The van der Waals surface area contributed by atoms with Crippen molar-refractivity contribution in [3.8, 4) is 0 Å². The van der Waals surface area contributed by atoms with E-state index in [4.69, 9.17) is 0 Å². The molecule has 1 unspecified atom stereocenters. The van der Waals surface area contributed by atoms with Crippen LogP contribution < -0.4 is 4.72 Å². The minimum Gasteiger partial charge on any atom is -0.387 e. The van der Waals surface area contributed by atoms with Gasteiger partial charge in [0.15, 0.2) is 0 Å². The molecule has 8 heteroatoms. The average Bonchev–Trinajstić information content (AvgIpc) is 2.55. The minimum absolute atomic E-state index is 0.111. The Kier molecular flexibility index (Phi) is 5.79. The molecule has 2 rings (SSSR count). The molecule has 2 aromatic carbocycles. The van der Waals surface area contributed by atoms with Crippen molar-refractivity contribution in [1.29, 1.82) is 0 Å². The molecule has 0 bridgehead atoms. The zero-order valence-electron chi connectivity index (χ0n) is 14.6. The summed E-state index contributed by atoms with van der Waals surface area (Å²) in [4.78, 5) is 0.111. The molecule has 0 aliphatic heterocycles. The van der Waals surface area contributed by atoms with Crippen LogP contribution in [0.3, 0.4) is 0 Å². The Morgan fingerprint density at radius 3 is 2.08 bits per heavy atom. The third-order valence-corrected chi connectivity index (χ3v) is 5.74. The van der Waals surface area contributed by atoms with Gasteiger partial charge in [-0.05, 0) is 61.2 Å². The van der Waals surface area contributed by atoms with Crippen molar-refractivity contribution >= 4 is 10.0 Å². The van der Waals surface area contributed by atoms with Crippen molar-refractivity contribution in [3.05, 3.63) is 64.2 Å². The molecule has 2 N–H and O–H groups in total. The van der Waals surface area contributed by atoms with Crippen LogP contribution in [0.25, 0.3) is 0 Å². The summed E-state index contributed by atoms with van der Waals surface area (Å²) < 4.78 is 64.9. The molecule has 0 amide bonds. The van der Waals surface area contributed by atoms with Gasteiger partial charge in [-0.3, -0.25) is 0 Å². The molecule has 0 radical (unpaired) electrons. The lowest BCUT2D eigenvalue weighted by molar-refractivity contribution is -0.137. The van der Waals surface area contributed by atoms with Crippen LogP contribution in [0.4, 0.5) is 13.2 Å². The van der Waals surface area contributed by atoms with Crippen LogP contribution in [0.2, 0.25) is 0 Å². The summed E-state index contributed by atoms with van der Waals surface area (Å²) >= 11 is 0. The molecule has 0 aromatic heterocycles. The maximum atomic E-state index is 12.6. The van der Waals surface area contributed by atoms with E-state index in [1.165, 1.54) is 0 Å². The third kappa shape index (κ3) is 4.63. The van der Waals surface area contributed by atoms with Crippen LogP contribution in [-0.4, -0.2) is 20.1 Å². The molecule has 1 atom stereocenters. The van der Waals surface area contributed by atoms with E-state index in [9.17, 15) is 26.7 Å². The van der Waals surface area contributed by atoms with Gasteiger partial charge in [0.1, 0.15) is 0 Å². The Morgan fingerprint density at radius 1 is 1.00 bits per heavy atom. The first-order chi connectivity index (χ1) is 11.9. The van der Waals surface area contributed by atoms with Crippen molar-refractivity contribution in [2.45, 2.75) is 37.9 Å². The number of benzene rings is 2. The van der Waals surface area contributed by atoms with E-state index in [2.05, 4.69) is 4.72 Å². The van der Waals surface area contributed by atoms with Crippen LogP contribution in [0, 0.1) is 20.8 Å². The standard InChI is InChI=1S/C18H20F3NO3S/c1-11-8-13(3)17(9-12(11)2)26(24,25)22-10-16(23)14-4-6-15(7-5-14)18(19,20)21/h4-9,16,22-23H,10H2,1-3H3.